The fourth-order valence-corrected chi connectivity index (χ4v) is 5.23. The first kappa shape index (κ1) is 16.9. The van der Waals surface area contributed by atoms with Crippen molar-refractivity contribution < 1.29 is 13.5 Å². The maximum atomic E-state index is 12.7. The lowest BCUT2D eigenvalue weighted by Gasteiger charge is -2.39. The molecule has 3 rings (SSSR count). The number of hydrogen-bond donors (Lipinski definition) is 1. The van der Waals surface area contributed by atoms with E-state index in [2.05, 4.69) is 9.97 Å². The molecule has 0 saturated carbocycles. The molecule has 3 heterocycles. The van der Waals surface area contributed by atoms with Gasteiger partial charge in [-0.1, -0.05) is 18.2 Å². The van der Waals surface area contributed by atoms with Gasteiger partial charge >= 0.3 is 0 Å². The van der Waals surface area contributed by atoms with Crippen LogP contribution in [0.2, 0.25) is 0 Å². The van der Waals surface area contributed by atoms with E-state index < -0.39 is 10.0 Å². The molecule has 0 aromatic carbocycles. The van der Waals surface area contributed by atoms with Crippen molar-refractivity contribution in [1.82, 2.24) is 14.3 Å². The molecule has 2 aromatic rings. The Labute approximate surface area is 145 Å². The van der Waals surface area contributed by atoms with Crippen molar-refractivity contribution in [3.8, 4) is 5.75 Å². The average Bonchev–Trinajstić information content (AvgIpc) is 3.11. The van der Waals surface area contributed by atoms with Crippen LogP contribution in [0.3, 0.4) is 0 Å². The Morgan fingerprint density at radius 3 is 2.71 bits per heavy atom. The second-order valence-corrected chi connectivity index (χ2v) is 8.44. The van der Waals surface area contributed by atoms with E-state index in [0.29, 0.717) is 29.8 Å². The molecule has 0 unspecified atom stereocenters. The Hall–Kier alpha value is -1.97. The second-order valence-electron chi connectivity index (χ2n) is 5.32. The smallest absolute Gasteiger partial charge is 0.252 e. The zero-order valence-electron chi connectivity index (χ0n) is 13.1. The molecule has 1 atom stereocenters. The summed E-state index contributed by atoms with van der Waals surface area (Å²) < 4.78 is 27.3. The van der Waals surface area contributed by atoms with Crippen LogP contribution in [-0.4, -0.2) is 53.5 Å². The van der Waals surface area contributed by atoms with Crippen LogP contribution in [0, 0.1) is 0 Å². The monoisotopic (exact) mass is 366 g/mol. The van der Waals surface area contributed by atoms with E-state index in [0.717, 1.165) is 0 Å². The van der Waals surface area contributed by atoms with Gasteiger partial charge in [0.15, 0.2) is 5.75 Å². The standard InChI is InChI=1S/C15H18N4O3S2/c1-2-4-12-11-18(24(21,22)14-5-3-8-23-14)6-7-19(12)15-16-9-13(20)10-17-15/h2-5,8-10,12,20H,6-7,11H2,1H3/t12-/m0/s1. The average molecular weight is 366 g/mol. The summed E-state index contributed by atoms with van der Waals surface area (Å²) in [6, 6.07) is 3.20. The fourth-order valence-electron chi connectivity index (χ4n) is 2.64. The van der Waals surface area contributed by atoms with Crippen LogP contribution >= 0.6 is 11.3 Å². The van der Waals surface area contributed by atoms with Crippen LogP contribution in [0.15, 0.2) is 46.3 Å². The van der Waals surface area contributed by atoms with Gasteiger partial charge in [0, 0.05) is 19.6 Å². The third kappa shape index (κ3) is 3.28. The third-order valence-electron chi connectivity index (χ3n) is 3.77. The van der Waals surface area contributed by atoms with Gasteiger partial charge < -0.3 is 10.0 Å². The molecule has 0 aliphatic carbocycles. The summed E-state index contributed by atoms with van der Waals surface area (Å²) >= 11 is 1.22. The summed E-state index contributed by atoms with van der Waals surface area (Å²) in [5.74, 6) is 0.476. The van der Waals surface area contributed by atoms with Gasteiger partial charge in [0.1, 0.15) is 4.21 Å². The number of aromatic hydroxyl groups is 1. The zero-order chi connectivity index (χ0) is 17.2. The highest BCUT2D eigenvalue weighted by Crippen LogP contribution is 2.25. The third-order valence-corrected chi connectivity index (χ3v) is 7.00. The number of rotatable bonds is 4. The van der Waals surface area contributed by atoms with E-state index in [4.69, 9.17) is 0 Å². The molecule has 1 fully saturated rings. The Balaban J connectivity index is 1.85. The van der Waals surface area contributed by atoms with Crippen molar-refractivity contribution in [2.24, 2.45) is 0 Å². The number of hydrogen-bond acceptors (Lipinski definition) is 7. The predicted octanol–water partition coefficient (Wildman–Crippen LogP) is 1.70. The summed E-state index contributed by atoms with van der Waals surface area (Å²) in [6.07, 6.45) is 6.50. The zero-order valence-corrected chi connectivity index (χ0v) is 14.7. The highest BCUT2D eigenvalue weighted by atomic mass is 32.2. The number of piperazine rings is 1. The van der Waals surface area contributed by atoms with Crippen LogP contribution in [0.5, 0.6) is 5.75 Å². The van der Waals surface area contributed by atoms with Crippen molar-refractivity contribution in [3.63, 3.8) is 0 Å². The lowest BCUT2D eigenvalue weighted by atomic mass is 10.2. The van der Waals surface area contributed by atoms with Crippen molar-refractivity contribution in [3.05, 3.63) is 42.1 Å². The number of thiophene rings is 1. The van der Waals surface area contributed by atoms with Crippen LogP contribution < -0.4 is 4.90 Å². The molecule has 1 N–H and O–H groups in total. The largest absolute Gasteiger partial charge is 0.505 e. The molecule has 0 amide bonds. The van der Waals surface area contributed by atoms with Gasteiger partial charge in [0.05, 0.1) is 18.4 Å². The summed E-state index contributed by atoms with van der Waals surface area (Å²) in [7, 11) is -3.47. The molecule has 128 valence electrons. The number of anilines is 1. The molecule has 1 aliphatic heterocycles. The van der Waals surface area contributed by atoms with E-state index in [1.807, 2.05) is 24.0 Å². The normalized spacial score (nSPS) is 19.9. The van der Waals surface area contributed by atoms with Crippen molar-refractivity contribution in [2.75, 3.05) is 24.5 Å². The van der Waals surface area contributed by atoms with E-state index in [1.165, 1.54) is 28.0 Å². The molecule has 1 saturated heterocycles. The van der Waals surface area contributed by atoms with Crippen LogP contribution in [0.25, 0.3) is 0 Å². The maximum Gasteiger partial charge on any atom is 0.252 e. The molecule has 9 heteroatoms. The first-order chi connectivity index (χ1) is 11.5. The summed E-state index contributed by atoms with van der Waals surface area (Å²) in [5.41, 5.74) is 0. The van der Waals surface area contributed by atoms with E-state index >= 15 is 0 Å². The number of sulfonamides is 1. The minimum Gasteiger partial charge on any atom is -0.505 e. The molecule has 2 aromatic heterocycles. The number of nitrogens with zero attached hydrogens (tertiary/aromatic N) is 4. The highest BCUT2D eigenvalue weighted by molar-refractivity contribution is 7.91. The molecule has 0 bridgehead atoms. The van der Waals surface area contributed by atoms with Crippen LogP contribution in [-0.2, 0) is 10.0 Å². The van der Waals surface area contributed by atoms with E-state index in [1.54, 1.807) is 17.5 Å². The minimum absolute atomic E-state index is 0.000225. The van der Waals surface area contributed by atoms with Gasteiger partial charge in [0.2, 0.25) is 5.95 Å². The molecule has 7 nitrogen and oxygen atoms in total. The first-order valence-electron chi connectivity index (χ1n) is 7.46. The van der Waals surface area contributed by atoms with E-state index in [9.17, 15) is 13.5 Å². The minimum atomic E-state index is -3.47. The van der Waals surface area contributed by atoms with Crippen molar-refractivity contribution in [1.29, 1.82) is 0 Å². The van der Waals surface area contributed by atoms with Gasteiger partial charge in [-0.2, -0.15) is 4.31 Å². The molecule has 0 radical (unpaired) electrons. The molecular formula is C15H18N4O3S2. The summed E-state index contributed by atoms with van der Waals surface area (Å²) in [4.78, 5) is 10.2. The van der Waals surface area contributed by atoms with Crippen molar-refractivity contribution in [2.45, 2.75) is 17.2 Å². The highest BCUT2D eigenvalue weighted by Gasteiger charge is 2.34. The molecule has 1 aliphatic rings. The van der Waals surface area contributed by atoms with Gasteiger partial charge in [-0.15, -0.1) is 11.3 Å². The second kappa shape index (κ2) is 6.88. The van der Waals surface area contributed by atoms with Gasteiger partial charge in [0.25, 0.3) is 10.0 Å². The van der Waals surface area contributed by atoms with Gasteiger partial charge in [-0.3, -0.25) is 0 Å². The fraction of sp³-hybridized carbons (Fsp3) is 0.333. The van der Waals surface area contributed by atoms with Crippen LogP contribution in [0.4, 0.5) is 5.95 Å². The quantitative estimate of drug-likeness (QED) is 0.829. The molecular weight excluding hydrogens is 348 g/mol. The lowest BCUT2D eigenvalue weighted by Crippen LogP contribution is -2.54. The predicted molar refractivity (Wildman–Crippen MR) is 92.7 cm³/mol. The lowest BCUT2D eigenvalue weighted by molar-refractivity contribution is 0.354. The number of allylic oxidation sites excluding steroid dienone is 1. The Morgan fingerprint density at radius 1 is 1.33 bits per heavy atom. The Bertz CT molecular complexity index is 804. The first-order valence-corrected chi connectivity index (χ1v) is 9.78. The molecule has 0 spiro atoms. The van der Waals surface area contributed by atoms with Gasteiger partial charge in [-0.05, 0) is 18.4 Å². The van der Waals surface area contributed by atoms with Crippen molar-refractivity contribution >= 4 is 27.3 Å². The van der Waals surface area contributed by atoms with Gasteiger partial charge in [-0.25, -0.2) is 18.4 Å². The van der Waals surface area contributed by atoms with E-state index in [-0.39, 0.29) is 11.8 Å². The Kier molecular flexibility index (Phi) is 4.83. The maximum absolute atomic E-state index is 12.7. The Morgan fingerprint density at radius 2 is 2.08 bits per heavy atom. The SMILES string of the molecule is CC=C[C@H]1CN(S(=O)(=O)c2cccs2)CCN1c1ncc(O)cn1. The summed E-state index contributed by atoms with van der Waals surface area (Å²) in [5, 5.41) is 11.1. The van der Waals surface area contributed by atoms with Crippen LogP contribution in [0.1, 0.15) is 6.92 Å². The topological polar surface area (TPSA) is 86.6 Å². The number of aromatic nitrogens is 2. The molecule has 24 heavy (non-hydrogen) atoms. The summed E-state index contributed by atoms with van der Waals surface area (Å²) in [6.45, 7) is 3.06.